The van der Waals surface area contributed by atoms with Gasteiger partial charge < -0.3 is 9.73 Å². The van der Waals surface area contributed by atoms with Gasteiger partial charge in [-0.3, -0.25) is 14.3 Å². The molecule has 1 aliphatic heterocycles. The normalized spacial score (nSPS) is 17.3. The van der Waals surface area contributed by atoms with Gasteiger partial charge in [-0.05, 0) is 49.7 Å². The third-order valence-corrected chi connectivity index (χ3v) is 5.60. The topological polar surface area (TPSA) is 67.5 Å². The summed E-state index contributed by atoms with van der Waals surface area (Å²) in [4.78, 5) is 27.0. The molecule has 0 bridgehead atoms. The monoisotopic (exact) mass is 419 g/mol. The zero-order valence-electron chi connectivity index (χ0n) is 15.0. The first-order valence-corrected chi connectivity index (χ1v) is 9.87. The molecule has 6 nitrogen and oxygen atoms in total. The number of carbonyl (C=O) groups is 1. The van der Waals surface area contributed by atoms with Crippen molar-refractivity contribution < 1.29 is 9.21 Å². The van der Waals surface area contributed by atoms with Crippen LogP contribution in [0.3, 0.4) is 0 Å². The zero-order chi connectivity index (χ0) is 19.7. The van der Waals surface area contributed by atoms with E-state index < -0.39 is 0 Å². The fourth-order valence-corrected chi connectivity index (χ4v) is 3.99. The highest BCUT2D eigenvalue weighted by atomic mass is 35.5. The number of nitrogens with zero attached hydrogens (tertiary/aromatic N) is 2. The minimum absolute atomic E-state index is 0.119. The van der Waals surface area contributed by atoms with Crippen molar-refractivity contribution in [3.8, 4) is 0 Å². The lowest BCUT2D eigenvalue weighted by Gasteiger charge is -2.24. The molecule has 0 aliphatic carbocycles. The molecule has 8 heteroatoms. The van der Waals surface area contributed by atoms with Crippen molar-refractivity contribution >= 4 is 45.9 Å². The lowest BCUT2D eigenvalue weighted by atomic mass is 10.2. The quantitative estimate of drug-likeness (QED) is 0.678. The van der Waals surface area contributed by atoms with E-state index in [4.69, 9.17) is 27.6 Å². The van der Waals surface area contributed by atoms with Crippen LogP contribution in [0.25, 0.3) is 11.1 Å². The SMILES string of the molecule is O=C(Nc1cc(Cl)ccc1Cl)[C@H]1CCCN1CCn1c(=O)oc2ccccc21. The van der Waals surface area contributed by atoms with Gasteiger partial charge in [0, 0.05) is 18.1 Å². The van der Waals surface area contributed by atoms with E-state index in [2.05, 4.69) is 10.2 Å². The second kappa shape index (κ2) is 7.99. The van der Waals surface area contributed by atoms with Gasteiger partial charge in [0.2, 0.25) is 5.91 Å². The van der Waals surface area contributed by atoms with Gasteiger partial charge in [0.25, 0.3) is 0 Å². The van der Waals surface area contributed by atoms with Gasteiger partial charge in [0.05, 0.1) is 22.3 Å². The summed E-state index contributed by atoms with van der Waals surface area (Å²) in [6.45, 7) is 1.83. The van der Waals surface area contributed by atoms with Crippen molar-refractivity contribution in [2.75, 3.05) is 18.4 Å². The second-order valence-electron chi connectivity index (χ2n) is 6.79. The van der Waals surface area contributed by atoms with Gasteiger partial charge in [0.15, 0.2) is 5.58 Å². The summed E-state index contributed by atoms with van der Waals surface area (Å²) in [6, 6.07) is 12.0. The van der Waals surface area contributed by atoms with Crippen LogP contribution in [0.1, 0.15) is 12.8 Å². The summed E-state index contributed by atoms with van der Waals surface area (Å²) >= 11 is 12.1. The van der Waals surface area contributed by atoms with Gasteiger partial charge in [-0.1, -0.05) is 35.3 Å². The van der Waals surface area contributed by atoms with E-state index in [0.717, 1.165) is 24.9 Å². The number of fused-ring (bicyclic) bond motifs is 1. The van der Waals surface area contributed by atoms with Crippen LogP contribution in [0.15, 0.2) is 51.7 Å². The Morgan fingerprint density at radius 1 is 1.18 bits per heavy atom. The first-order valence-electron chi connectivity index (χ1n) is 9.11. The van der Waals surface area contributed by atoms with Crippen molar-refractivity contribution in [2.45, 2.75) is 25.4 Å². The molecule has 3 aromatic rings. The van der Waals surface area contributed by atoms with Gasteiger partial charge in [0.1, 0.15) is 0 Å². The third kappa shape index (κ3) is 3.81. The average Bonchev–Trinajstić information content (AvgIpc) is 3.26. The van der Waals surface area contributed by atoms with E-state index in [1.54, 1.807) is 28.8 Å². The Balaban J connectivity index is 1.46. The minimum atomic E-state index is -0.382. The Hall–Kier alpha value is -2.28. The lowest BCUT2D eigenvalue weighted by Crippen LogP contribution is -2.41. The Morgan fingerprint density at radius 2 is 2.00 bits per heavy atom. The molecule has 1 N–H and O–H groups in total. The molecule has 28 heavy (non-hydrogen) atoms. The van der Waals surface area contributed by atoms with E-state index in [-0.39, 0.29) is 17.7 Å². The molecule has 146 valence electrons. The van der Waals surface area contributed by atoms with Gasteiger partial charge >= 0.3 is 5.76 Å². The largest absolute Gasteiger partial charge is 0.419 e. The number of nitrogens with one attached hydrogen (secondary N) is 1. The number of hydrogen-bond acceptors (Lipinski definition) is 4. The molecular weight excluding hydrogens is 401 g/mol. The van der Waals surface area contributed by atoms with Crippen molar-refractivity contribution in [1.29, 1.82) is 0 Å². The Kier molecular flexibility index (Phi) is 5.44. The van der Waals surface area contributed by atoms with Gasteiger partial charge in [-0.15, -0.1) is 0 Å². The van der Waals surface area contributed by atoms with Crippen LogP contribution in [0.2, 0.25) is 10.0 Å². The molecule has 0 saturated carbocycles. The van der Waals surface area contributed by atoms with Crippen molar-refractivity contribution in [1.82, 2.24) is 9.47 Å². The number of amides is 1. The molecule has 0 radical (unpaired) electrons. The fourth-order valence-electron chi connectivity index (χ4n) is 3.65. The second-order valence-corrected chi connectivity index (χ2v) is 7.64. The van der Waals surface area contributed by atoms with Crippen molar-refractivity contribution in [3.05, 3.63) is 63.1 Å². The summed E-state index contributed by atoms with van der Waals surface area (Å²) < 4.78 is 6.88. The molecule has 1 aliphatic rings. The van der Waals surface area contributed by atoms with E-state index >= 15 is 0 Å². The van der Waals surface area contributed by atoms with Crippen LogP contribution in [-0.4, -0.2) is 34.5 Å². The first-order chi connectivity index (χ1) is 13.5. The predicted octanol–water partition coefficient (Wildman–Crippen LogP) is 4.00. The van der Waals surface area contributed by atoms with Gasteiger partial charge in [-0.2, -0.15) is 0 Å². The smallest absolute Gasteiger partial charge is 0.408 e. The van der Waals surface area contributed by atoms with Crippen LogP contribution in [-0.2, 0) is 11.3 Å². The maximum absolute atomic E-state index is 12.8. The molecule has 1 amide bonds. The summed E-state index contributed by atoms with van der Waals surface area (Å²) in [5, 5.41) is 3.82. The van der Waals surface area contributed by atoms with E-state index in [1.807, 2.05) is 18.2 Å². The van der Waals surface area contributed by atoms with Crippen molar-refractivity contribution in [2.24, 2.45) is 0 Å². The summed E-state index contributed by atoms with van der Waals surface area (Å²) in [5.41, 5.74) is 1.83. The Labute approximate surface area is 171 Å². The van der Waals surface area contributed by atoms with Gasteiger partial charge in [-0.25, -0.2) is 4.79 Å². The molecule has 1 aromatic heterocycles. The summed E-state index contributed by atoms with van der Waals surface area (Å²) in [5.74, 6) is -0.502. The highest BCUT2D eigenvalue weighted by Gasteiger charge is 2.31. The first kappa shape index (κ1) is 19.1. The molecule has 0 unspecified atom stereocenters. The molecule has 1 atom stereocenters. The number of para-hydroxylation sites is 2. The number of aromatic nitrogens is 1. The van der Waals surface area contributed by atoms with E-state index in [1.165, 1.54) is 0 Å². The molecule has 4 rings (SSSR count). The number of rotatable bonds is 5. The predicted molar refractivity (Wildman–Crippen MR) is 110 cm³/mol. The number of oxazole rings is 1. The number of likely N-dealkylation sites (tertiary alicyclic amines) is 1. The molecule has 1 saturated heterocycles. The third-order valence-electron chi connectivity index (χ3n) is 5.04. The number of carbonyl (C=O) groups excluding carboxylic acids is 1. The Bertz CT molecular complexity index is 1080. The fraction of sp³-hybridized carbons (Fsp3) is 0.300. The number of anilines is 1. The molecule has 0 spiro atoms. The van der Waals surface area contributed by atoms with Crippen LogP contribution in [0.4, 0.5) is 5.69 Å². The van der Waals surface area contributed by atoms with E-state index in [9.17, 15) is 9.59 Å². The molecule has 2 heterocycles. The van der Waals surface area contributed by atoms with Crippen LogP contribution >= 0.6 is 23.2 Å². The standard InChI is InChI=1S/C20H19Cl2N3O3/c21-13-7-8-14(22)15(12-13)23-19(26)17-5-3-9-24(17)10-11-25-16-4-1-2-6-18(16)28-20(25)27/h1-2,4,6-8,12,17H,3,5,9-11H2,(H,23,26)/t17-/m1/s1. The number of hydrogen-bond donors (Lipinski definition) is 1. The zero-order valence-corrected chi connectivity index (χ0v) is 16.5. The van der Waals surface area contributed by atoms with Crippen LogP contribution in [0, 0.1) is 0 Å². The minimum Gasteiger partial charge on any atom is -0.408 e. The maximum Gasteiger partial charge on any atom is 0.419 e. The van der Waals surface area contributed by atoms with E-state index in [0.29, 0.717) is 34.4 Å². The average molecular weight is 420 g/mol. The molecular formula is C20H19Cl2N3O3. The molecule has 2 aromatic carbocycles. The Morgan fingerprint density at radius 3 is 2.86 bits per heavy atom. The number of benzene rings is 2. The molecule has 1 fully saturated rings. The number of halogens is 2. The summed E-state index contributed by atoms with van der Waals surface area (Å²) in [6.07, 6.45) is 1.67. The van der Waals surface area contributed by atoms with Crippen LogP contribution < -0.4 is 11.1 Å². The van der Waals surface area contributed by atoms with Crippen LogP contribution in [0.5, 0.6) is 0 Å². The highest BCUT2D eigenvalue weighted by molar-refractivity contribution is 6.35. The maximum atomic E-state index is 12.8. The highest BCUT2D eigenvalue weighted by Crippen LogP contribution is 2.27. The summed E-state index contributed by atoms with van der Waals surface area (Å²) in [7, 11) is 0. The van der Waals surface area contributed by atoms with Crippen molar-refractivity contribution in [3.63, 3.8) is 0 Å². The lowest BCUT2D eigenvalue weighted by molar-refractivity contribution is -0.120.